The Kier molecular flexibility index (Phi) is 4.51. The Bertz CT molecular complexity index is 788. The summed E-state index contributed by atoms with van der Waals surface area (Å²) in [5, 5.41) is 7.28. The first kappa shape index (κ1) is 15.8. The second-order valence-corrected chi connectivity index (χ2v) is 6.97. The number of hydrogen-bond donors (Lipinski definition) is 2. The van der Waals surface area contributed by atoms with Crippen LogP contribution in [0.25, 0.3) is 0 Å². The van der Waals surface area contributed by atoms with E-state index in [-0.39, 0.29) is 11.7 Å². The Morgan fingerprint density at radius 3 is 2.43 bits per heavy atom. The molecule has 3 rings (SSSR count). The summed E-state index contributed by atoms with van der Waals surface area (Å²) in [6.07, 6.45) is 0.857. The molecule has 0 bridgehead atoms. The van der Waals surface area contributed by atoms with Gasteiger partial charge in [-0.1, -0.05) is 12.1 Å². The summed E-state index contributed by atoms with van der Waals surface area (Å²) < 4.78 is 33.0. The maximum Gasteiger partial charge on any atom is 0.238 e. The predicted octanol–water partition coefficient (Wildman–Crippen LogP) is 0.369. The minimum absolute atomic E-state index is 0.144. The minimum atomic E-state index is -3.62. The standard InChI is InChI=1S/C16H18N2O4S/c17-23(19,20)14-4-1-12(2-5-14)7-8-18-10-13-3-6-15-16(9-13)22-11-21-15/h1-6,9,18H,7-8,10-11H2,(H2,17,19,20)/p+1. The second-order valence-electron chi connectivity index (χ2n) is 5.41. The maximum absolute atomic E-state index is 11.2. The summed E-state index contributed by atoms with van der Waals surface area (Å²) in [6, 6.07) is 12.6. The Labute approximate surface area is 135 Å². The molecule has 2 aromatic carbocycles. The molecule has 1 heterocycles. The second kappa shape index (κ2) is 6.57. The first-order valence-corrected chi connectivity index (χ1v) is 8.89. The highest BCUT2D eigenvalue weighted by Crippen LogP contribution is 2.32. The lowest BCUT2D eigenvalue weighted by Gasteiger charge is -2.04. The Morgan fingerprint density at radius 1 is 1.00 bits per heavy atom. The van der Waals surface area contributed by atoms with Crippen LogP contribution in [0.3, 0.4) is 0 Å². The lowest BCUT2D eigenvalue weighted by molar-refractivity contribution is -0.670. The van der Waals surface area contributed by atoms with E-state index in [0.29, 0.717) is 0 Å². The maximum atomic E-state index is 11.2. The summed E-state index contributed by atoms with van der Waals surface area (Å²) in [4.78, 5) is 0.144. The van der Waals surface area contributed by atoms with Gasteiger partial charge in [-0.15, -0.1) is 0 Å². The van der Waals surface area contributed by atoms with Gasteiger partial charge in [0.15, 0.2) is 11.5 Å². The van der Waals surface area contributed by atoms with Gasteiger partial charge in [-0.2, -0.15) is 0 Å². The number of primary sulfonamides is 1. The van der Waals surface area contributed by atoms with Crippen LogP contribution in [0.15, 0.2) is 47.4 Å². The summed E-state index contributed by atoms with van der Waals surface area (Å²) in [7, 11) is -3.62. The SMILES string of the molecule is NS(=O)(=O)c1ccc(CC[NH2+]Cc2ccc3c(c2)OCO3)cc1. The lowest BCUT2D eigenvalue weighted by Crippen LogP contribution is -2.83. The zero-order valence-corrected chi connectivity index (χ0v) is 13.4. The van der Waals surface area contributed by atoms with Gasteiger partial charge in [-0.3, -0.25) is 0 Å². The number of ether oxygens (including phenoxy) is 2. The molecule has 0 atom stereocenters. The van der Waals surface area contributed by atoms with Crippen molar-refractivity contribution >= 4 is 10.0 Å². The van der Waals surface area contributed by atoms with Crippen LogP contribution < -0.4 is 19.9 Å². The topological polar surface area (TPSA) is 95.2 Å². The van der Waals surface area contributed by atoms with Crippen LogP contribution in [0, 0.1) is 0 Å². The largest absolute Gasteiger partial charge is 0.454 e. The van der Waals surface area contributed by atoms with Gasteiger partial charge in [0.1, 0.15) is 6.54 Å². The fraction of sp³-hybridized carbons (Fsp3) is 0.250. The van der Waals surface area contributed by atoms with Crippen molar-refractivity contribution in [1.29, 1.82) is 0 Å². The Balaban J connectivity index is 1.48. The highest BCUT2D eigenvalue weighted by molar-refractivity contribution is 7.89. The molecule has 7 heteroatoms. The van der Waals surface area contributed by atoms with Crippen molar-refractivity contribution in [3.63, 3.8) is 0 Å². The van der Waals surface area contributed by atoms with E-state index in [4.69, 9.17) is 14.6 Å². The van der Waals surface area contributed by atoms with Gasteiger partial charge in [0, 0.05) is 12.0 Å². The third kappa shape index (κ3) is 4.01. The normalized spacial score (nSPS) is 13.3. The molecule has 6 nitrogen and oxygen atoms in total. The summed E-state index contributed by atoms with van der Waals surface area (Å²) in [5.41, 5.74) is 2.26. The number of quaternary nitrogens is 1. The van der Waals surface area contributed by atoms with Gasteiger partial charge in [-0.25, -0.2) is 13.6 Å². The van der Waals surface area contributed by atoms with E-state index in [9.17, 15) is 8.42 Å². The van der Waals surface area contributed by atoms with E-state index in [1.54, 1.807) is 24.3 Å². The van der Waals surface area contributed by atoms with Crippen LogP contribution in [0.5, 0.6) is 11.5 Å². The van der Waals surface area contributed by atoms with Gasteiger partial charge >= 0.3 is 0 Å². The summed E-state index contributed by atoms with van der Waals surface area (Å²) in [5.74, 6) is 1.60. The van der Waals surface area contributed by atoms with Crippen molar-refractivity contribution in [1.82, 2.24) is 0 Å². The molecule has 0 spiro atoms. The van der Waals surface area contributed by atoms with Crippen LogP contribution in [-0.2, 0) is 23.0 Å². The van der Waals surface area contributed by atoms with Crippen LogP contribution >= 0.6 is 0 Å². The molecule has 122 valence electrons. The number of nitrogens with two attached hydrogens (primary N) is 2. The van der Waals surface area contributed by atoms with Crippen LogP contribution in [0.4, 0.5) is 0 Å². The number of fused-ring (bicyclic) bond motifs is 1. The molecule has 0 saturated heterocycles. The average molecular weight is 335 g/mol. The molecular weight excluding hydrogens is 316 g/mol. The first-order valence-electron chi connectivity index (χ1n) is 7.34. The molecule has 0 fully saturated rings. The van der Waals surface area contributed by atoms with Gasteiger partial charge in [0.25, 0.3) is 0 Å². The molecule has 1 aliphatic rings. The van der Waals surface area contributed by atoms with Crippen molar-refractivity contribution in [3.8, 4) is 11.5 Å². The Hall–Kier alpha value is -2.09. The molecule has 0 aliphatic carbocycles. The molecular formula is C16H19N2O4S+. The van der Waals surface area contributed by atoms with Gasteiger partial charge in [0.05, 0.1) is 11.4 Å². The minimum Gasteiger partial charge on any atom is -0.454 e. The first-order chi connectivity index (χ1) is 11.0. The fourth-order valence-corrected chi connectivity index (χ4v) is 2.97. The zero-order chi connectivity index (χ0) is 16.3. The van der Waals surface area contributed by atoms with Crippen molar-refractivity contribution in [3.05, 3.63) is 53.6 Å². The number of rotatable bonds is 6. The number of hydrogen-bond acceptors (Lipinski definition) is 4. The lowest BCUT2D eigenvalue weighted by atomic mass is 10.1. The highest BCUT2D eigenvalue weighted by atomic mass is 32.2. The molecule has 23 heavy (non-hydrogen) atoms. The van der Waals surface area contributed by atoms with Gasteiger partial charge in [0.2, 0.25) is 16.8 Å². The van der Waals surface area contributed by atoms with E-state index >= 15 is 0 Å². The molecule has 0 unspecified atom stereocenters. The number of benzene rings is 2. The van der Waals surface area contributed by atoms with E-state index in [1.807, 2.05) is 18.2 Å². The molecule has 1 aliphatic heterocycles. The van der Waals surface area contributed by atoms with Crippen LogP contribution in [0.2, 0.25) is 0 Å². The Morgan fingerprint density at radius 2 is 1.70 bits per heavy atom. The van der Waals surface area contributed by atoms with E-state index in [0.717, 1.165) is 36.6 Å². The monoisotopic (exact) mass is 335 g/mol. The summed E-state index contributed by atoms with van der Waals surface area (Å²) >= 11 is 0. The highest BCUT2D eigenvalue weighted by Gasteiger charge is 2.13. The van der Waals surface area contributed by atoms with Crippen molar-refractivity contribution in [2.45, 2.75) is 17.9 Å². The molecule has 0 saturated carbocycles. The average Bonchev–Trinajstić information content (AvgIpc) is 2.99. The summed E-state index contributed by atoms with van der Waals surface area (Å²) in [6.45, 7) is 2.05. The van der Waals surface area contributed by atoms with Crippen LogP contribution in [-0.4, -0.2) is 21.8 Å². The molecule has 0 amide bonds. The number of sulfonamides is 1. The van der Waals surface area contributed by atoms with Crippen molar-refractivity contribution < 1.29 is 23.2 Å². The smallest absolute Gasteiger partial charge is 0.238 e. The molecule has 0 radical (unpaired) electrons. The van der Waals surface area contributed by atoms with Crippen molar-refractivity contribution in [2.75, 3.05) is 13.3 Å². The molecule has 2 aromatic rings. The zero-order valence-electron chi connectivity index (χ0n) is 12.6. The third-order valence-corrected chi connectivity index (χ3v) is 4.64. The predicted molar refractivity (Wildman–Crippen MR) is 84.6 cm³/mol. The van der Waals surface area contributed by atoms with E-state index in [2.05, 4.69) is 5.32 Å². The third-order valence-electron chi connectivity index (χ3n) is 3.71. The molecule has 0 aromatic heterocycles. The van der Waals surface area contributed by atoms with Crippen molar-refractivity contribution in [2.24, 2.45) is 5.14 Å². The fourth-order valence-electron chi connectivity index (χ4n) is 2.45. The van der Waals surface area contributed by atoms with E-state index < -0.39 is 10.0 Å². The molecule has 4 N–H and O–H groups in total. The quantitative estimate of drug-likeness (QED) is 0.746. The van der Waals surface area contributed by atoms with Crippen LogP contribution in [0.1, 0.15) is 11.1 Å². The van der Waals surface area contributed by atoms with E-state index in [1.165, 1.54) is 5.56 Å². The van der Waals surface area contributed by atoms with Gasteiger partial charge in [-0.05, 0) is 35.9 Å². The van der Waals surface area contributed by atoms with Gasteiger partial charge < -0.3 is 14.8 Å².